The lowest BCUT2D eigenvalue weighted by Crippen LogP contribution is -2.33. The number of carbonyl (C=O) groups is 1. The number of aldehydes is 1. The van der Waals surface area contributed by atoms with Gasteiger partial charge in [0, 0.05) is 38.9 Å². The Hall–Kier alpha value is -1.33. The molecule has 0 fully saturated rings. The molecule has 5 nitrogen and oxygen atoms in total. The Balaban J connectivity index is -0.00000399. The molecule has 0 rings (SSSR count). The minimum absolute atomic E-state index is 0.750. The fourth-order valence-corrected chi connectivity index (χ4v) is 6.33. The number of allylic oxidation sites excluding steroid dienone is 1. The maximum atomic E-state index is 8.81. The summed E-state index contributed by atoms with van der Waals surface area (Å²) in [5.74, 6) is 0.987. The fourth-order valence-electron chi connectivity index (χ4n) is 6.33. The third-order valence-electron chi connectivity index (χ3n) is 9.22. The van der Waals surface area contributed by atoms with E-state index in [9.17, 15) is 0 Å². The van der Waals surface area contributed by atoms with Gasteiger partial charge < -0.3 is 24.4 Å². The zero-order valence-corrected chi connectivity index (χ0v) is 34.5. The quantitative estimate of drug-likeness (QED) is 0.0398. The van der Waals surface area contributed by atoms with E-state index in [1.54, 1.807) is 0 Å². The van der Waals surface area contributed by atoms with Crippen molar-refractivity contribution in [3.05, 3.63) is 24.6 Å². The Bertz CT molecular complexity index is 654. The summed E-state index contributed by atoms with van der Waals surface area (Å²) in [6.07, 6.45) is 39.0. The molecular weight excluding hydrogens is 604 g/mol. The van der Waals surface area contributed by atoms with Crippen LogP contribution >= 0.6 is 0 Å². The molecule has 1 N–H and O–H groups in total. The van der Waals surface area contributed by atoms with Crippen LogP contribution in [0.2, 0.25) is 0 Å². The van der Waals surface area contributed by atoms with Crippen LogP contribution in [0.1, 0.15) is 207 Å². The van der Waals surface area contributed by atoms with Crippen molar-refractivity contribution in [2.45, 2.75) is 207 Å². The molecule has 0 bridgehead atoms. The number of nitrogens with zero attached hydrogens (tertiary/aromatic N) is 2. The summed E-state index contributed by atoms with van der Waals surface area (Å²) in [6, 6.07) is 0. The van der Waals surface area contributed by atoms with Crippen LogP contribution in [0.3, 0.4) is 0 Å². The second-order valence-corrected chi connectivity index (χ2v) is 14.1. The monoisotopic (exact) mass is 695 g/mol. The van der Waals surface area contributed by atoms with Crippen molar-refractivity contribution < 1.29 is 14.6 Å². The summed E-state index contributed by atoms with van der Waals surface area (Å²) < 4.78 is 6.05. The predicted octanol–water partition coefficient (Wildman–Crippen LogP) is 13.1. The number of rotatable bonds is 37. The maximum Gasteiger partial charge on any atom is 0.116 e. The van der Waals surface area contributed by atoms with Gasteiger partial charge in [-0.1, -0.05) is 182 Å². The first-order valence-electron chi connectivity index (χ1n) is 21.2. The second kappa shape index (κ2) is 46.7. The van der Waals surface area contributed by atoms with Crippen molar-refractivity contribution in [3.8, 4) is 0 Å². The molecule has 0 aromatic rings. The molecule has 0 atom stereocenters. The van der Waals surface area contributed by atoms with Gasteiger partial charge in [0.25, 0.3) is 0 Å². The molecule has 0 aliphatic carbocycles. The SMILES string of the molecule is C=C(CCCCCCCCCCCCC)OCCCN(CCCCCCCCCCCCCCCC)C(=C)CN(C)CCC.CC=O.CO. The summed E-state index contributed by atoms with van der Waals surface area (Å²) in [5.41, 5.74) is 1.27. The highest BCUT2D eigenvalue weighted by atomic mass is 16.5. The highest BCUT2D eigenvalue weighted by Gasteiger charge is 2.10. The van der Waals surface area contributed by atoms with E-state index < -0.39 is 0 Å². The van der Waals surface area contributed by atoms with Crippen LogP contribution in [0, 0.1) is 0 Å². The molecule has 0 aromatic heterocycles. The van der Waals surface area contributed by atoms with Crippen molar-refractivity contribution in [2.24, 2.45) is 0 Å². The Morgan fingerprint density at radius 3 is 1.29 bits per heavy atom. The predicted molar refractivity (Wildman–Crippen MR) is 219 cm³/mol. The Labute approximate surface area is 309 Å². The lowest BCUT2D eigenvalue weighted by molar-refractivity contribution is -0.106. The van der Waals surface area contributed by atoms with Crippen LogP contribution in [0.5, 0.6) is 0 Å². The topological polar surface area (TPSA) is 53.0 Å². The molecule has 294 valence electrons. The van der Waals surface area contributed by atoms with Crippen molar-refractivity contribution in [1.82, 2.24) is 9.80 Å². The number of hydrogen-bond donors (Lipinski definition) is 1. The average Bonchev–Trinajstić information content (AvgIpc) is 3.09. The van der Waals surface area contributed by atoms with Gasteiger partial charge in [0.2, 0.25) is 0 Å². The van der Waals surface area contributed by atoms with Gasteiger partial charge in [-0.25, -0.2) is 0 Å². The van der Waals surface area contributed by atoms with E-state index in [-0.39, 0.29) is 0 Å². The van der Waals surface area contributed by atoms with Crippen LogP contribution in [-0.2, 0) is 9.53 Å². The zero-order chi connectivity index (χ0) is 37.1. The molecule has 49 heavy (non-hydrogen) atoms. The zero-order valence-electron chi connectivity index (χ0n) is 34.5. The van der Waals surface area contributed by atoms with Crippen LogP contribution in [-0.4, -0.2) is 68.1 Å². The summed E-state index contributed by atoms with van der Waals surface area (Å²) in [6.45, 7) is 22.1. The molecule has 0 spiro atoms. The molecule has 0 saturated carbocycles. The molecule has 0 aliphatic rings. The van der Waals surface area contributed by atoms with Gasteiger partial charge in [-0.15, -0.1) is 0 Å². The Morgan fingerprint density at radius 1 is 0.551 bits per heavy atom. The second-order valence-electron chi connectivity index (χ2n) is 14.1. The molecule has 5 heteroatoms. The first-order valence-corrected chi connectivity index (χ1v) is 21.2. The molecule has 0 heterocycles. The van der Waals surface area contributed by atoms with Crippen LogP contribution < -0.4 is 0 Å². The van der Waals surface area contributed by atoms with Crippen molar-refractivity contribution in [2.75, 3.05) is 46.9 Å². The fraction of sp³-hybridized carbons (Fsp3) is 0.886. The van der Waals surface area contributed by atoms with Gasteiger partial charge in [0.1, 0.15) is 6.29 Å². The van der Waals surface area contributed by atoms with Gasteiger partial charge in [-0.3, -0.25) is 0 Å². The molecule has 0 aromatic carbocycles. The number of hydrogen-bond acceptors (Lipinski definition) is 5. The summed E-state index contributed by atoms with van der Waals surface area (Å²) >= 11 is 0. The number of unbranched alkanes of at least 4 members (excludes halogenated alkanes) is 23. The minimum atomic E-state index is 0.750. The van der Waals surface area contributed by atoms with E-state index in [0.717, 1.165) is 64.8 Å². The third-order valence-corrected chi connectivity index (χ3v) is 9.22. The van der Waals surface area contributed by atoms with Gasteiger partial charge in [0.05, 0.1) is 12.4 Å². The molecule has 0 saturated heterocycles. The number of ether oxygens (including phenoxy) is 1. The van der Waals surface area contributed by atoms with Crippen LogP contribution in [0.4, 0.5) is 0 Å². The largest absolute Gasteiger partial charge is 0.498 e. The molecule has 0 radical (unpaired) electrons. The van der Waals surface area contributed by atoms with E-state index in [4.69, 9.17) is 14.6 Å². The van der Waals surface area contributed by atoms with Crippen molar-refractivity contribution in [3.63, 3.8) is 0 Å². The smallest absolute Gasteiger partial charge is 0.116 e. The van der Waals surface area contributed by atoms with Gasteiger partial charge in [0.15, 0.2) is 0 Å². The third kappa shape index (κ3) is 44.6. The van der Waals surface area contributed by atoms with E-state index >= 15 is 0 Å². The molecular formula is C44H90N2O3. The van der Waals surface area contributed by atoms with Gasteiger partial charge >= 0.3 is 0 Å². The minimum Gasteiger partial charge on any atom is -0.498 e. The Kier molecular flexibility index (Phi) is 49.6. The molecule has 0 aliphatic heterocycles. The summed E-state index contributed by atoms with van der Waals surface area (Å²) in [4.78, 5) is 13.8. The molecule has 0 amide bonds. The highest BCUT2D eigenvalue weighted by Crippen LogP contribution is 2.16. The average molecular weight is 695 g/mol. The first kappa shape index (κ1) is 52.0. The standard InChI is InChI=1S/C41H82N2O.C2H4O.CH4O/c1-7-10-12-14-16-18-20-21-22-24-26-28-30-32-36-43(40(4)39-42(6)35-9-3)37-33-38-44-41(5)34-31-29-27-25-23-19-17-15-13-11-8-2;1-2-3;1-2/h4-5,7-39H2,1-3,6H3;2H,1H3;2H,1H3. The van der Waals surface area contributed by atoms with E-state index in [0.29, 0.717) is 0 Å². The number of likely N-dealkylation sites (N-methyl/N-ethyl adjacent to an activating group) is 1. The number of aliphatic hydroxyl groups is 1. The van der Waals surface area contributed by atoms with Crippen LogP contribution in [0.15, 0.2) is 24.6 Å². The summed E-state index contributed by atoms with van der Waals surface area (Å²) in [5, 5.41) is 7.00. The first-order chi connectivity index (χ1) is 24.0. The Morgan fingerprint density at radius 2 is 0.898 bits per heavy atom. The highest BCUT2D eigenvalue weighted by molar-refractivity contribution is 5.44. The van der Waals surface area contributed by atoms with E-state index in [2.05, 4.69) is 50.8 Å². The summed E-state index contributed by atoms with van der Waals surface area (Å²) in [7, 11) is 3.22. The van der Waals surface area contributed by atoms with Crippen LogP contribution in [0.25, 0.3) is 0 Å². The van der Waals surface area contributed by atoms with Crippen molar-refractivity contribution >= 4 is 6.29 Å². The van der Waals surface area contributed by atoms with Gasteiger partial charge in [-0.05, 0) is 46.2 Å². The maximum absolute atomic E-state index is 8.81. The molecule has 0 unspecified atom stereocenters. The van der Waals surface area contributed by atoms with Gasteiger partial charge in [-0.2, -0.15) is 0 Å². The lowest BCUT2D eigenvalue weighted by atomic mass is 10.0. The van der Waals surface area contributed by atoms with E-state index in [1.807, 2.05) is 0 Å². The number of aliphatic hydroxyl groups excluding tert-OH is 1. The number of carbonyl (C=O) groups excluding carboxylic acids is 1. The van der Waals surface area contributed by atoms with Crippen molar-refractivity contribution in [1.29, 1.82) is 0 Å². The normalized spacial score (nSPS) is 10.6. The van der Waals surface area contributed by atoms with E-state index in [1.165, 1.54) is 180 Å². The lowest BCUT2D eigenvalue weighted by Gasteiger charge is -2.30.